The fourth-order valence-electron chi connectivity index (χ4n) is 1.02. The van der Waals surface area contributed by atoms with E-state index in [9.17, 15) is 13.6 Å². The van der Waals surface area contributed by atoms with Crippen LogP contribution in [-0.2, 0) is 0 Å². The molecule has 72 valence electrons. The van der Waals surface area contributed by atoms with Crippen LogP contribution in [0.25, 0.3) is 0 Å². The van der Waals surface area contributed by atoms with Crippen LogP contribution in [-0.4, -0.2) is 11.3 Å². The molecule has 0 radical (unpaired) electrons. The molecule has 0 unspecified atom stereocenters. The summed E-state index contributed by atoms with van der Waals surface area (Å²) >= 11 is 0. The fraction of sp³-hybridized carbons (Fsp3) is 0.222. The van der Waals surface area contributed by atoms with E-state index in [0.717, 1.165) is 6.07 Å². The molecule has 0 aliphatic rings. The van der Waals surface area contributed by atoms with Gasteiger partial charge in [0.1, 0.15) is 11.8 Å². The second kappa shape index (κ2) is 3.92. The lowest BCUT2D eigenvalue weighted by Crippen LogP contribution is -2.01. The Kier molecular flexibility index (Phi) is 2.87. The normalized spacial score (nSPS) is 9.93. The summed E-state index contributed by atoms with van der Waals surface area (Å²) in [5, 5.41) is 8.57. The molecule has 0 atom stereocenters. The van der Waals surface area contributed by atoms with Crippen molar-refractivity contribution < 1.29 is 13.6 Å². The zero-order valence-corrected chi connectivity index (χ0v) is 7.29. The number of hydrogen-bond acceptors (Lipinski definition) is 3. The predicted molar refractivity (Wildman–Crippen MR) is 44.0 cm³/mol. The highest BCUT2D eigenvalue weighted by atomic mass is 19.3. The largest absolute Gasteiger partial charge is 0.298 e. The quantitative estimate of drug-likeness (QED) is 0.680. The summed E-state index contributed by atoms with van der Waals surface area (Å²) in [6, 6.07) is 2.89. The van der Waals surface area contributed by atoms with Crippen LogP contribution in [0.3, 0.4) is 0 Å². The van der Waals surface area contributed by atoms with Crippen molar-refractivity contribution in [3.8, 4) is 6.07 Å². The van der Waals surface area contributed by atoms with Crippen LogP contribution in [0, 0.1) is 18.3 Å². The third kappa shape index (κ3) is 1.74. The number of pyridine rings is 1. The molecule has 0 aliphatic heterocycles. The van der Waals surface area contributed by atoms with Crippen molar-refractivity contribution >= 4 is 6.29 Å². The van der Waals surface area contributed by atoms with Crippen molar-refractivity contribution in [2.75, 3.05) is 0 Å². The number of carbonyl (C=O) groups is 1. The van der Waals surface area contributed by atoms with Crippen LogP contribution >= 0.6 is 0 Å². The number of aryl methyl sites for hydroxylation is 1. The highest BCUT2D eigenvalue weighted by Crippen LogP contribution is 2.21. The van der Waals surface area contributed by atoms with E-state index in [0.29, 0.717) is 0 Å². The monoisotopic (exact) mass is 196 g/mol. The van der Waals surface area contributed by atoms with Gasteiger partial charge in [-0.3, -0.25) is 9.78 Å². The minimum absolute atomic E-state index is 0.136. The van der Waals surface area contributed by atoms with Crippen molar-refractivity contribution in [2.24, 2.45) is 0 Å². The molecule has 3 nitrogen and oxygen atoms in total. The number of aromatic nitrogens is 1. The van der Waals surface area contributed by atoms with Gasteiger partial charge in [-0.05, 0) is 13.0 Å². The molecule has 1 aromatic heterocycles. The van der Waals surface area contributed by atoms with E-state index in [1.54, 1.807) is 6.07 Å². The fourth-order valence-corrected chi connectivity index (χ4v) is 1.02. The Balaban J connectivity index is 3.40. The molecule has 1 aromatic rings. The van der Waals surface area contributed by atoms with Crippen LogP contribution < -0.4 is 0 Å². The van der Waals surface area contributed by atoms with E-state index in [2.05, 4.69) is 4.98 Å². The molecule has 14 heavy (non-hydrogen) atoms. The topological polar surface area (TPSA) is 53.8 Å². The molecule has 1 rings (SSSR count). The summed E-state index contributed by atoms with van der Waals surface area (Å²) in [6.07, 6.45) is -2.53. The predicted octanol–water partition coefficient (Wildman–Crippen LogP) is 2.01. The number of nitrogens with zero attached hydrogens (tertiary/aromatic N) is 2. The van der Waals surface area contributed by atoms with Gasteiger partial charge in [0.2, 0.25) is 0 Å². The maximum atomic E-state index is 12.3. The minimum Gasteiger partial charge on any atom is -0.298 e. The van der Waals surface area contributed by atoms with Crippen LogP contribution in [0.5, 0.6) is 0 Å². The van der Waals surface area contributed by atoms with Crippen LogP contribution in [0.1, 0.15) is 33.7 Å². The first-order chi connectivity index (χ1) is 6.60. The summed E-state index contributed by atoms with van der Waals surface area (Å²) in [5.41, 5.74) is -0.469. The Hall–Kier alpha value is -1.83. The van der Waals surface area contributed by atoms with Crippen molar-refractivity contribution in [1.82, 2.24) is 4.98 Å². The Bertz CT molecular complexity index is 410. The second-order valence-corrected chi connectivity index (χ2v) is 2.63. The Labute approximate surface area is 79.0 Å². The van der Waals surface area contributed by atoms with Crippen molar-refractivity contribution in [2.45, 2.75) is 13.3 Å². The molecule has 0 N–H and O–H groups in total. The average molecular weight is 196 g/mol. The van der Waals surface area contributed by atoms with Gasteiger partial charge < -0.3 is 0 Å². The molecular formula is C9H6F2N2O. The SMILES string of the molecule is Cc1nc(C(F)F)c(C=O)cc1C#N. The zero-order valence-electron chi connectivity index (χ0n) is 7.29. The van der Waals surface area contributed by atoms with Crippen LogP contribution in [0.15, 0.2) is 6.07 Å². The number of carbonyl (C=O) groups excluding carboxylic acids is 1. The first-order valence-electron chi connectivity index (χ1n) is 3.75. The Morgan fingerprint density at radius 2 is 2.29 bits per heavy atom. The number of hydrogen-bond donors (Lipinski definition) is 0. The van der Waals surface area contributed by atoms with Gasteiger partial charge in [-0.25, -0.2) is 8.78 Å². The van der Waals surface area contributed by atoms with Crippen LogP contribution in [0.2, 0.25) is 0 Å². The minimum atomic E-state index is -2.80. The van der Waals surface area contributed by atoms with E-state index >= 15 is 0 Å². The lowest BCUT2D eigenvalue weighted by atomic mass is 10.1. The number of alkyl halides is 2. The summed E-state index contributed by atoms with van der Waals surface area (Å²) < 4.78 is 24.7. The molecular weight excluding hydrogens is 190 g/mol. The van der Waals surface area contributed by atoms with Gasteiger partial charge >= 0.3 is 0 Å². The third-order valence-corrected chi connectivity index (χ3v) is 1.73. The van der Waals surface area contributed by atoms with Gasteiger partial charge in [0.25, 0.3) is 6.43 Å². The third-order valence-electron chi connectivity index (χ3n) is 1.73. The smallest absolute Gasteiger partial charge is 0.281 e. The van der Waals surface area contributed by atoms with Gasteiger partial charge in [0.05, 0.1) is 11.3 Å². The lowest BCUT2D eigenvalue weighted by molar-refractivity contribution is 0.110. The van der Waals surface area contributed by atoms with Gasteiger partial charge in [-0.2, -0.15) is 5.26 Å². The van der Waals surface area contributed by atoms with Crippen molar-refractivity contribution in [1.29, 1.82) is 5.26 Å². The van der Waals surface area contributed by atoms with Gasteiger partial charge in [-0.15, -0.1) is 0 Å². The second-order valence-electron chi connectivity index (χ2n) is 2.63. The summed E-state index contributed by atoms with van der Waals surface area (Å²) in [6.45, 7) is 1.44. The number of halogens is 2. The molecule has 0 fully saturated rings. The number of nitriles is 1. The van der Waals surface area contributed by atoms with E-state index in [4.69, 9.17) is 5.26 Å². The summed E-state index contributed by atoms with van der Waals surface area (Å²) in [4.78, 5) is 13.9. The highest BCUT2D eigenvalue weighted by Gasteiger charge is 2.16. The van der Waals surface area contributed by atoms with Crippen molar-refractivity contribution in [3.05, 3.63) is 28.6 Å². The van der Waals surface area contributed by atoms with Crippen LogP contribution in [0.4, 0.5) is 8.78 Å². The highest BCUT2D eigenvalue weighted by molar-refractivity contribution is 5.77. The first kappa shape index (κ1) is 10.3. The zero-order chi connectivity index (χ0) is 10.7. The Morgan fingerprint density at radius 1 is 1.64 bits per heavy atom. The molecule has 0 spiro atoms. The van der Waals surface area contributed by atoms with E-state index in [1.165, 1.54) is 6.92 Å². The molecule has 5 heteroatoms. The van der Waals surface area contributed by atoms with Gasteiger partial charge in [-0.1, -0.05) is 0 Å². The number of aldehydes is 1. The van der Waals surface area contributed by atoms with Crippen molar-refractivity contribution in [3.63, 3.8) is 0 Å². The maximum absolute atomic E-state index is 12.3. The van der Waals surface area contributed by atoms with E-state index in [1.807, 2.05) is 0 Å². The van der Waals surface area contributed by atoms with E-state index in [-0.39, 0.29) is 23.1 Å². The lowest BCUT2D eigenvalue weighted by Gasteiger charge is -2.04. The molecule has 0 bridgehead atoms. The average Bonchev–Trinajstić information content (AvgIpc) is 2.17. The maximum Gasteiger partial charge on any atom is 0.281 e. The standard InChI is InChI=1S/C9H6F2N2O/c1-5-6(3-12)2-7(4-14)8(13-5)9(10)11/h2,4,9H,1H3. The van der Waals surface area contributed by atoms with Gasteiger partial charge in [0, 0.05) is 5.56 Å². The first-order valence-corrected chi connectivity index (χ1v) is 3.75. The molecule has 0 aliphatic carbocycles. The molecule has 0 saturated carbocycles. The molecule has 0 aromatic carbocycles. The molecule has 1 heterocycles. The van der Waals surface area contributed by atoms with E-state index < -0.39 is 12.1 Å². The molecule has 0 amide bonds. The summed E-state index contributed by atoms with van der Waals surface area (Å²) in [5.74, 6) is 0. The summed E-state index contributed by atoms with van der Waals surface area (Å²) in [7, 11) is 0. The number of rotatable bonds is 2. The van der Waals surface area contributed by atoms with Gasteiger partial charge in [0.15, 0.2) is 6.29 Å². The molecule has 0 saturated heterocycles. The Morgan fingerprint density at radius 3 is 2.71 bits per heavy atom.